The van der Waals surface area contributed by atoms with E-state index in [1.807, 2.05) is 0 Å². The van der Waals surface area contributed by atoms with E-state index in [1.54, 1.807) is 0 Å². The van der Waals surface area contributed by atoms with E-state index in [9.17, 15) is 5.11 Å². The van der Waals surface area contributed by atoms with Gasteiger partial charge in [0.1, 0.15) is 0 Å². The van der Waals surface area contributed by atoms with Gasteiger partial charge in [0.15, 0.2) is 0 Å². The van der Waals surface area contributed by atoms with E-state index >= 15 is 0 Å². The Morgan fingerprint density at radius 3 is 2.09 bits per heavy atom. The van der Waals surface area contributed by atoms with Gasteiger partial charge in [-0.2, -0.15) is 0 Å². The number of aliphatic hydroxyl groups is 1. The summed E-state index contributed by atoms with van der Waals surface area (Å²) in [5.74, 6) is 3.58. The van der Waals surface area contributed by atoms with E-state index in [-0.39, 0.29) is 6.10 Å². The number of likely N-dealkylation sites (tertiary alicyclic amines) is 2. The molecule has 5 unspecified atom stereocenters. The highest BCUT2D eigenvalue weighted by molar-refractivity contribution is 4.86. The molecule has 1 N–H and O–H groups in total. The Morgan fingerprint density at radius 1 is 0.913 bits per heavy atom. The van der Waals surface area contributed by atoms with Crippen molar-refractivity contribution in [1.29, 1.82) is 0 Å². The van der Waals surface area contributed by atoms with Crippen LogP contribution >= 0.6 is 0 Å². The second kappa shape index (κ2) is 8.31. The summed E-state index contributed by atoms with van der Waals surface area (Å²) in [7, 11) is 4.81. The van der Waals surface area contributed by atoms with E-state index < -0.39 is 0 Å². The lowest BCUT2D eigenvalue weighted by atomic mass is 9.83. The average Bonchev–Trinajstić information content (AvgIpc) is 3.04. The zero-order valence-corrected chi connectivity index (χ0v) is 16.3. The molecule has 0 radical (unpaired) electrons. The van der Waals surface area contributed by atoms with Crippen molar-refractivity contribution in [3.05, 3.63) is 0 Å². The van der Waals surface area contributed by atoms with Crippen LogP contribution in [0, 0.1) is 23.7 Å². The molecule has 136 valence electrons. The number of β-amino-alcohol motifs (C(OH)–C–C–N with tert-alkyl or cyclic N) is 1. The Kier molecular flexibility index (Phi) is 6.94. The van der Waals surface area contributed by atoms with Gasteiger partial charge in [-0.3, -0.25) is 0 Å². The summed E-state index contributed by atoms with van der Waals surface area (Å²) in [5, 5.41) is 9.95. The molecule has 0 amide bonds. The minimum absolute atomic E-state index is 0.136. The molecule has 0 bridgehead atoms. The first-order chi connectivity index (χ1) is 10.9. The predicted molar refractivity (Wildman–Crippen MR) is 98.4 cm³/mol. The summed E-state index contributed by atoms with van der Waals surface area (Å²) >= 11 is 0. The highest BCUT2D eigenvalue weighted by atomic mass is 16.3. The van der Waals surface area contributed by atoms with Crippen LogP contribution in [0.15, 0.2) is 0 Å². The van der Waals surface area contributed by atoms with Crippen LogP contribution in [-0.4, -0.2) is 67.4 Å². The molecule has 0 aliphatic carbocycles. The van der Waals surface area contributed by atoms with Gasteiger partial charge in [-0.15, -0.1) is 0 Å². The van der Waals surface area contributed by atoms with Gasteiger partial charge in [0.2, 0.25) is 0 Å². The fourth-order valence-electron chi connectivity index (χ4n) is 5.26. The van der Waals surface area contributed by atoms with Crippen LogP contribution in [-0.2, 0) is 0 Å². The first-order valence-electron chi connectivity index (χ1n) is 10.1. The summed E-state index contributed by atoms with van der Waals surface area (Å²) in [6, 6.07) is 0. The lowest BCUT2D eigenvalue weighted by Gasteiger charge is -2.24. The Balaban J connectivity index is 1.84. The Bertz CT molecular complexity index is 358. The third-order valence-corrected chi connectivity index (χ3v) is 6.67. The number of hydrogen-bond acceptors (Lipinski definition) is 2. The number of aliphatic hydroxyl groups excluding tert-OH is 1. The van der Waals surface area contributed by atoms with Crippen molar-refractivity contribution in [2.75, 3.05) is 46.8 Å². The van der Waals surface area contributed by atoms with Crippen molar-refractivity contribution in [1.82, 2.24) is 4.90 Å². The van der Waals surface area contributed by atoms with Gasteiger partial charge in [0.25, 0.3) is 0 Å². The molecule has 3 heteroatoms. The van der Waals surface area contributed by atoms with Gasteiger partial charge in [-0.25, -0.2) is 0 Å². The van der Waals surface area contributed by atoms with E-state index in [0.717, 1.165) is 36.6 Å². The lowest BCUT2D eigenvalue weighted by molar-refractivity contribution is -0.880. The SMILES string of the molecule is CCC(O)CN1CC(CC)C(CCC2C[N+](C)(C)CC2CC)C1. The maximum absolute atomic E-state index is 9.95. The molecule has 2 fully saturated rings. The molecule has 0 aromatic carbocycles. The highest BCUT2D eigenvalue weighted by Gasteiger charge is 2.40. The van der Waals surface area contributed by atoms with Crippen molar-refractivity contribution in [3.8, 4) is 0 Å². The van der Waals surface area contributed by atoms with Crippen molar-refractivity contribution in [2.24, 2.45) is 23.7 Å². The molecule has 0 spiro atoms. The topological polar surface area (TPSA) is 23.5 Å². The summed E-state index contributed by atoms with van der Waals surface area (Å²) < 4.78 is 1.22. The minimum atomic E-state index is -0.136. The van der Waals surface area contributed by atoms with E-state index in [2.05, 4.69) is 39.8 Å². The highest BCUT2D eigenvalue weighted by Crippen LogP contribution is 2.36. The lowest BCUT2D eigenvalue weighted by Crippen LogP contribution is -2.37. The maximum atomic E-state index is 9.95. The Hall–Kier alpha value is -0.120. The molecule has 5 atom stereocenters. The molecule has 2 saturated heterocycles. The van der Waals surface area contributed by atoms with Crippen LogP contribution in [0.25, 0.3) is 0 Å². The number of rotatable bonds is 8. The molecule has 2 heterocycles. The third-order valence-electron chi connectivity index (χ3n) is 6.67. The van der Waals surface area contributed by atoms with Crippen molar-refractivity contribution >= 4 is 0 Å². The minimum Gasteiger partial charge on any atom is -0.392 e. The molecule has 0 aromatic rings. The first kappa shape index (κ1) is 19.2. The standard InChI is InChI=1S/C20H41N2O/c1-6-16-11-21(13-20(23)8-3)12-18(16)9-10-19-15-22(4,5)14-17(19)7-2/h16-20,23H,6-15H2,1-5H3/q+1. The monoisotopic (exact) mass is 325 g/mol. The fraction of sp³-hybridized carbons (Fsp3) is 1.00. The summed E-state index contributed by atoms with van der Waals surface area (Å²) in [4.78, 5) is 2.53. The number of hydrogen-bond donors (Lipinski definition) is 1. The van der Waals surface area contributed by atoms with Gasteiger partial charge in [-0.1, -0.05) is 27.2 Å². The second-order valence-electron chi connectivity index (χ2n) is 9.02. The zero-order chi connectivity index (χ0) is 17.0. The number of quaternary nitrogens is 1. The fourth-order valence-corrected chi connectivity index (χ4v) is 5.26. The largest absolute Gasteiger partial charge is 0.392 e. The summed E-state index contributed by atoms with van der Waals surface area (Å²) in [6.07, 6.45) is 6.22. The van der Waals surface area contributed by atoms with Gasteiger partial charge >= 0.3 is 0 Å². The van der Waals surface area contributed by atoms with Gasteiger partial charge in [-0.05, 0) is 37.5 Å². The van der Waals surface area contributed by atoms with Crippen LogP contribution < -0.4 is 0 Å². The van der Waals surface area contributed by atoms with E-state index in [1.165, 1.54) is 56.3 Å². The van der Waals surface area contributed by atoms with Crippen LogP contribution in [0.3, 0.4) is 0 Å². The Morgan fingerprint density at radius 2 is 1.48 bits per heavy atom. The van der Waals surface area contributed by atoms with Crippen LogP contribution in [0.4, 0.5) is 0 Å². The average molecular weight is 326 g/mol. The van der Waals surface area contributed by atoms with Crippen LogP contribution in [0.1, 0.15) is 52.9 Å². The molecule has 2 aliphatic heterocycles. The van der Waals surface area contributed by atoms with Gasteiger partial charge < -0.3 is 14.5 Å². The second-order valence-corrected chi connectivity index (χ2v) is 9.02. The zero-order valence-electron chi connectivity index (χ0n) is 16.3. The maximum Gasteiger partial charge on any atom is 0.0816 e. The Labute approximate surface area is 144 Å². The molecule has 2 rings (SSSR count). The molecule has 0 saturated carbocycles. The summed E-state index contributed by atoms with van der Waals surface area (Å²) in [5.41, 5.74) is 0. The molecule has 2 aliphatic rings. The quantitative estimate of drug-likeness (QED) is 0.693. The predicted octanol–water partition coefficient (Wildman–Crippen LogP) is 3.23. The normalized spacial score (nSPS) is 35.7. The number of nitrogens with zero attached hydrogens (tertiary/aromatic N) is 2. The molecule has 0 aromatic heterocycles. The van der Waals surface area contributed by atoms with Crippen molar-refractivity contribution in [2.45, 2.75) is 59.0 Å². The third kappa shape index (κ3) is 5.17. The van der Waals surface area contributed by atoms with Crippen molar-refractivity contribution < 1.29 is 9.59 Å². The molecule has 23 heavy (non-hydrogen) atoms. The van der Waals surface area contributed by atoms with E-state index in [0.29, 0.717) is 0 Å². The van der Waals surface area contributed by atoms with E-state index in [4.69, 9.17) is 0 Å². The summed E-state index contributed by atoms with van der Waals surface area (Å²) in [6.45, 7) is 12.9. The smallest absolute Gasteiger partial charge is 0.0816 e. The van der Waals surface area contributed by atoms with Crippen LogP contribution in [0.5, 0.6) is 0 Å². The van der Waals surface area contributed by atoms with Crippen molar-refractivity contribution in [3.63, 3.8) is 0 Å². The van der Waals surface area contributed by atoms with Gasteiger partial charge in [0.05, 0.1) is 33.3 Å². The molecule has 3 nitrogen and oxygen atoms in total. The molecular formula is C20H41N2O+. The molecular weight excluding hydrogens is 284 g/mol. The van der Waals surface area contributed by atoms with Crippen LogP contribution in [0.2, 0.25) is 0 Å². The van der Waals surface area contributed by atoms with Gasteiger partial charge in [0, 0.05) is 31.5 Å². The first-order valence-corrected chi connectivity index (χ1v) is 10.1.